The SMILES string of the molecule is COCCN(C1CC1)S(=O)(=O)c1ccc(F)c(C(=O)O)c1. The molecule has 0 atom stereocenters. The monoisotopic (exact) mass is 317 g/mol. The van der Waals surface area contributed by atoms with E-state index in [1.54, 1.807) is 0 Å². The number of aromatic carboxylic acids is 1. The summed E-state index contributed by atoms with van der Waals surface area (Å²) in [6.07, 6.45) is 1.52. The predicted octanol–water partition coefficient (Wildman–Crippen LogP) is 1.32. The number of benzene rings is 1. The first-order chi connectivity index (χ1) is 9.87. The van der Waals surface area contributed by atoms with Crippen molar-refractivity contribution < 1.29 is 27.4 Å². The third-order valence-electron chi connectivity index (χ3n) is 3.24. The maximum absolute atomic E-state index is 13.4. The number of carbonyl (C=O) groups is 1. The zero-order valence-electron chi connectivity index (χ0n) is 11.5. The molecule has 1 saturated carbocycles. The van der Waals surface area contributed by atoms with E-state index in [1.807, 2.05) is 0 Å². The van der Waals surface area contributed by atoms with Crippen LogP contribution in [0.25, 0.3) is 0 Å². The number of hydrogen-bond acceptors (Lipinski definition) is 4. The molecule has 0 unspecified atom stereocenters. The topological polar surface area (TPSA) is 83.9 Å². The smallest absolute Gasteiger partial charge is 0.338 e. The first-order valence-electron chi connectivity index (χ1n) is 6.41. The molecule has 0 radical (unpaired) electrons. The Labute approximate surface area is 122 Å². The van der Waals surface area contributed by atoms with E-state index in [4.69, 9.17) is 9.84 Å². The molecular formula is C13H16FNO5S. The molecule has 1 aliphatic carbocycles. The van der Waals surface area contributed by atoms with Gasteiger partial charge in [0.15, 0.2) is 0 Å². The molecule has 0 amide bonds. The maximum atomic E-state index is 13.4. The number of ether oxygens (including phenoxy) is 1. The minimum Gasteiger partial charge on any atom is -0.478 e. The number of halogens is 1. The van der Waals surface area contributed by atoms with Crippen molar-refractivity contribution in [3.8, 4) is 0 Å². The summed E-state index contributed by atoms with van der Waals surface area (Å²) in [6.45, 7) is 0.423. The van der Waals surface area contributed by atoms with Crippen LogP contribution in [-0.2, 0) is 14.8 Å². The maximum Gasteiger partial charge on any atom is 0.338 e. The number of carboxylic acid groups (broad SMARTS) is 1. The summed E-state index contributed by atoms with van der Waals surface area (Å²) in [4.78, 5) is 10.7. The molecule has 1 fully saturated rings. The second-order valence-corrected chi connectivity index (χ2v) is 6.68. The second kappa shape index (κ2) is 6.08. The van der Waals surface area contributed by atoms with E-state index < -0.39 is 27.4 Å². The summed E-state index contributed by atoms with van der Waals surface area (Å²) in [5.41, 5.74) is -0.654. The second-order valence-electron chi connectivity index (χ2n) is 4.79. The molecule has 0 aliphatic heterocycles. The van der Waals surface area contributed by atoms with Crippen molar-refractivity contribution in [2.75, 3.05) is 20.3 Å². The van der Waals surface area contributed by atoms with Gasteiger partial charge in [0.25, 0.3) is 0 Å². The Kier molecular flexibility index (Phi) is 4.60. The van der Waals surface area contributed by atoms with Gasteiger partial charge in [-0.1, -0.05) is 0 Å². The van der Waals surface area contributed by atoms with Gasteiger partial charge >= 0.3 is 5.97 Å². The Balaban J connectivity index is 2.37. The lowest BCUT2D eigenvalue weighted by atomic mass is 10.2. The van der Waals surface area contributed by atoms with Crippen molar-refractivity contribution in [1.29, 1.82) is 0 Å². The van der Waals surface area contributed by atoms with Crippen molar-refractivity contribution in [2.24, 2.45) is 0 Å². The molecule has 0 bridgehead atoms. The van der Waals surface area contributed by atoms with Gasteiger partial charge in [-0.05, 0) is 31.0 Å². The van der Waals surface area contributed by atoms with E-state index >= 15 is 0 Å². The van der Waals surface area contributed by atoms with Crippen molar-refractivity contribution in [3.63, 3.8) is 0 Å². The fourth-order valence-electron chi connectivity index (χ4n) is 2.01. The first kappa shape index (κ1) is 15.9. The van der Waals surface area contributed by atoms with E-state index in [2.05, 4.69) is 0 Å². The number of hydrogen-bond donors (Lipinski definition) is 1. The van der Waals surface area contributed by atoms with Crippen LogP contribution in [0, 0.1) is 5.82 Å². The highest BCUT2D eigenvalue weighted by Gasteiger charge is 2.38. The summed E-state index contributed by atoms with van der Waals surface area (Å²) in [6, 6.07) is 2.70. The summed E-state index contributed by atoms with van der Waals surface area (Å²) >= 11 is 0. The van der Waals surface area contributed by atoms with Crippen LogP contribution in [0.3, 0.4) is 0 Å². The Morgan fingerprint density at radius 2 is 2.14 bits per heavy atom. The van der Waals surface area contributed by atoms with Crippen LogP contribution in [0.2, 0.25) is 0 Å². The summed E-state index contributed by atoms with van der Waals surface area (Å²) in [5.74, 6) is -2.46. The van der Waals surface area contributed by atoms with Crippen LogP contribution < -0.4 is 0 Å². The molecule has 6 nitrogen and oxygen atoms in total. The van der Waals surface area contributed by atoms with Crippen LogP contribution >= 0.6 is 0 Å². The number of methoxy groups -OCH3 is 1. The Bertz CT molecular complexity index is 642. The average Bonchev–Trinajstić information content (AvgIpc) is 3.23. The van der Waals surface area contributed by atoms with Gasteiger partial charge in [0.2, 0.25) is 10.0 Å². The van der Waals surface area contributed by atoms with E-state index in [1.165, 1.54) is 11.4 Å². The highest BCUT2D eigenvalue weighted by Crippen LogP contribution is 2.32. The fraction of sp³-hybridized carbons (Fsp3) is 0.462. The Morgan fingerprint density at radius 3 is 2.67 bits per heavy atom. The largest absolute Gasteiger partial charge is 0.478 e. The molecule has 0 heterocycles. The van der Waals surface area contributed by atoms with Crippen molar-refractivity contribution in [3.05, 3.63) is 29.6 Å². The fourth-order valence-corrected chi connectivity index (χ4v) is 3.70. The summed E-state index contributed by atoms with van der Waals surface area (Å²) < 4.78 is 44.7. The first-order valence-corrected chi connectivity index (χ1v) is 7.85. The van der Waals surface area contributed by atoms with Gasteiger partial charge in [-0.15, -0.1) is 0 Å². The van der Waals surface area contributed by atoms with Crippen molar-refractivity contribution in [2.45, 2.75) is 23.8 Å². The van der Waals surface area contributed by atoms with Crippen LogP contribution in [0.1, 0.15) is 23.2 Å². The quantitative estimate of drug-likeness (QED) is 0.820. The van der Waals surface area contributed by atoms with Crippen molar-refractivity contribution in [1.82, 2.24) is 4.31 Å². The molecular weight excluding hydrogens is 301 g/mol. The summed E-state index contributed by atoms with van der Waals surface area (Å²) in [5, 5.41) is 8.89. The van der Waals surface area contributed by atoms with Gasteiger partial charge < -0.3 is 9.84 Å². The van der Waals surface area contributed by atoms with E-state index in [9.17, 15) is 17.6 Å². The molecule has 21 heavy (non-hydrogen) atoms. The Morgan fingerprint density at radius 1 is 1.48 bits per heavy atom. The minimum absolute atomic E-state index is 0.0940. The van der Waals surface area contributed by atoms with E-state index in [0.717, 1.165) is 31.0 Å². The van der Waals surface area contributed by atoms with Crippen LogP contribution in [0.15, 0.2) is 23.1 Å². The molecule has 0 saturated heterocycles. The molecule has 1 aromatic rings. The van der Waals surface area contributed by atoms with E-state index in [0.29, 0.717) is 0 Å². The lowest BCUT2D eigenvalue weighted by Crippen LogP contribution is -2.36. The molecule has 8 heteroatoms. The molecule has 116 valence electrons. The molecule has 1 aromatic carbocycles. The van der Waals surface area contributed by atoms with Gasteiger partial charge in [-0.3, -0.25) is 0 Å². The molecule has 1 N–H and O–H groups in total. The predicted molar refractivity (Wildman–Crippen MR) is 72.1 cm³/mol. The van der Waals surface area contributed by atoms with E-state index in [-0.39, 0.29) is 24.1 Å². The zero-order valence-corrected chi connectivity index (χ0v) is 12.3. The lowest BCUT2D eigenvalue weighted by molar-refractivity contribution is 0.0691. The highest BCUT2D eigenvalue weighted by molar-refractivity contribution is 7.89. The molecule has 0 aromatic heterocycles. The van der Waals surface area contributed by atoms with Crippen molar-refractivity contribution >= 4 is 16.0 Å². The molecule has 1 aliphatic rings. The van der Waals surface area contributed by atoms with Crippen LogP contribution in [-0.4, -0.2) is 50.1 Å². The Hall–Kier alpha value is -1.51. The van der Waals surface area contributed by atoms with Gasteiger partial charge in [0.05, 0.1) is 17.1 Å². The van der Waals surface area contributed by atoms with Crippen LogP contribution in [0.4, 0.5) is 4.39 Å². The third kappa shape index (κ3) is 3.39. The normalized spacial score (nSPS) is 15.4. The van der Waals surface area contributed by atoms with Gasteiger partial charge in [0.1, 0.15) is 5.82 Å². The minimum atomic E-state index is -3.86. The number of rotatable bonds is 7. The lowest BCUT2D eigenvalue weighted by Gasteiger charge is -2.21. The summed E-state index contributed by atoms with van der Waals surface area (Å²) in [7, 11) is -2.39. The third-order valence-corrected chi connectivity index (χ3v) is 5.19. The number of sulfonamides is 1. The highest BCUT2D eigenvalue weighted by atomic mass is 32.2. The van der Waals surface area contributed by atoms with Gasteiger partial charge in [0, 0.05) is 19.7 Å². The van der Waals surface area contributed by atoms with Gasteiger partial charge in [-0.25, -0.2) is 17.6 Å². The average molecular weight is 317 g/mol. The number of nitrogens with zero attached hydrogens (tertiary/aromatic N) is 1. The number of carboxylic acids is 1. The zero-order chi connectivity index (χ0) is 15.6. The van der Waals surface area contributed by atoms with Gasteiger partial charge in [-0.2, -0.15) is 4.31 Å². The van der Waals surface area contributed by atoms with Crippen LogP contribution in [0.5, 0.6) is 0 Å². The molecule has 0 spiro atoms. The standard InChI is InChI=1S/C13H16FNO5S/c1-20-7-6-15(9-2-3-9)21(18,19)10-4-5-12(14)11(8-10)13(16)17/h4-5,8-9H,2-3,6-7H2,1H3,(H,16,17). The molecule has 2 rings (SSSR count).